The molecule has 1 aliphatic rings. The summed E-state index contributed by atoms with van der Waals surface area (Å²) in [6.45, 7) is 14.4. The van der Waals surface area contributed by atoms with Gasteiger partial charge in [-0.3, -0.25) is 9.69 Å². The number of hydrogen-bond donors (Lipinski definition) is 0. The van der Waals surface area contributed by atoms with Gasteiger partial charge in [0.15, 0.2) is 0 Å². The molecule has 0 radical (unpaired) electrons. The van der Waals surface area contributed by atoms with Gasteiger partial charge in [0.05, 0.1) is 6.54 Å². The second-order valence-corrected chi connectivity index (χ2v) is 8.05. The standard InChI is InChI=1S/C17H30N4O2/c1-13(2)10-21-14(18-12-19-21)11-20-9-7-8-17(20,6)15(22)23-16(3,4)5/h12-13H,7-11H2,1-6H3. The molecule has 0 amide bonds. The minimum Gasteiger partial charge on any atom is -0.459 e. The van der Waals surface area contributed by atoms with Gasteiger partial charge < -0.3 is 4.74 Å². The molecule has 0 N–H and O–H groups in total. The third kappa shape index (κ3) is 4.31. The molecule has 2 heterocycles. The number of aromatic nitrogens is 3. The highest BCUT2D eigenvalue weighted by atomic mass is 16.6. The van der Waals surface area contributed by atoms with Crippen LogP contribution in [0.15, 0.2) is 6.33 Å². The van der Waals surface area contributed by atoms with Crippen LogP contribution in [0, 0.1) is 5.92 Å². The van der Waals surface area contributed by atoms with E-state index in [1.165, 1.54) is 0 Å². The van der Waals surface area contributed by atoms with E-state index in [0.29, 0.717) is 12.5 Å². The molecule has 0 spiro atoms. The number of ether oxygens (including phenoxy) is 1. The first-order valence-electron chi connectivity index (χ1n) is 8.47. The summed E-state index contributed by atoms with van der Waals surface area (Å²) in [6, 6.07) is 0. The predicted octanol–water partition coefficient (Wildman–Crippen LogP) is 2.63. The zero-order valence-corrected chi connectivity index (χ0v) is 15.3. The van der Waals surface area contributed by atoms with Crippen molar-refractivity contribution in [2.24, 2.45) is 5.92 Å². The van der Waals surface area contributed by atoms with Gasteiger partial charge in [0, 0.05) is 6.54 Å². The van der Waals surface area contributed by atoms with Crippen LogP contribution in [0.3, 0.4) is 0 Å². The van der Waals surface area contributed by atoms with Crippen LogP contribution in [0.4, 0.5) is 0 Å². The van der Waals surface area contributed by atoms with Gasteiger partial charge in [0.1, 0.15) is 23.3 Å². The van der Waals surface area contributed by atoms with Crippen LogP contribution in [-0.2, 0) is 22.6 Å². The number of esters is 1. The first-order chi connectivity index (χ1) is 10.6. The predicted molar refractivity (Wildman–Crippen MR) is 88.8 cm³/mol. The SMILES string of the molecule is CC(C)Cn1ncnc1CN1CCCC1(C)C(=O)OC(C)(C)C. The van der Waals surface area contributed by atoms with Crippen molar-refractivity contribution < 1.29 is 9.53 Å². The molecule has 1 aromatic heterocycles. The van der Waals surface area contributed by atoms with Gasteiger partial charge in [0.25, 0.3) is 0 Å². The lowest BCUT2D eigenvalue weighted by Gasteiger charge is -2.35. The van der Waals surface area contributed by atoms with Crippen molar-refractivity contribution in [3.05, 3.63) is 12.2 Å². The summed E-state index contributed by atoms with van der Waals surface area (Å²) in [5, 5.41) is 4.31. The van der Waals surface area contributed by atoms with Crippen molar-refractivity contribution in [2.45, 2.75) is 78.6 Å². The van der Waals surface area contributed by atoms with E-state index in [2.05, 4.69) is 28.8 Å². The van der Waals surface area contributed by atoms with Gasteiger partial charge in [0.2, 0.25) is 0 Å². The molecule has 0 aromatic carbocycles. The monoisotopic (exact) mass is 322 g/mol. The van der Waals surface area contributed by atoms with Gasteiger partial charge in [-0.25, -0.2) is 9.67 Å². The lowest BCUT2D eigenvalue weighted by molar-refractivity contribution is -0.167. The minimum atomic E-state index is -0.581. The summed E-state index contributed by atoms with van der Waals surface area (Å²) in [5.41, 5.74) is -1.05. The Morgan fingerprint density at radius 2 is 2.13 bits per heavy atom. The van der Waals surface area contributed by atoms with E-state index in [-0.39, 0.29) is 5.97 Å². The molecular weight excluding hydrogens is 292 g/mol. The molecule has 1 unspecified atom stereocenters. The molecule has 1 aliphatic heterocycles. The molecule has 1 fully saturated rings. The lowest BCUT2D eigenvalue weighted by Crippen LogP contribution is -2.50. The van der Waals surface area contributed by atoms with Crippen molar-refractivity contribution >= 4 is 5.97 Å². The van der Waals surface area contributed by atoms with Crippen LogP contribution < -0.4 is 0 Å². The van der Waals surface area contributed by atoms with Crippen molar-refractivity contribution in [3.63, 3.8) is 0 Å². The van der Waals surface area contributed by atoms with Gasteiger partial charge in [-0.1, -0.05) is 13.8 Å². The average Bonchev–Trinajstić information content (AvgIpc) is 2.97. The largest absolute Gasteiger partial charge is 0.459 e. The quantitative estimate of drug-likeness (QED) is 0.780. The Labute approximate surface area is 139 Å². The molecule has 1 saturated heterocycles. The molecule has 1 atom stereocenters. The van der Waals surface area contributed by atoms with Crippen molar-refractivity contribution in [2.75, 3.05) is 6.54 Å². The fraction of sp³-hybridized carbons (Fsp3) is 0.824. The Hall–Kier alpha value is -1.43. The van der Waals surface area contributed by atoms with Gasteiger partial charge in [-0.15, -0.1) is 0 Å². The average molecular weight is 322 g/mol. The summed E-state index contributed by atoms with van der Waals surface area (Å²) in [5.74, 6) is 1.28. The molecule has 2 rings (SSSR count). The van der Waals surface area contributed by atoms with E-state index in [4.69, 9.17) is 4.74 Å². The summed E-state index contributed by atoms with van der Waals surface area (Å²) >= 11 is 0. The maximum atomic E-state index is 12.7. The van der Waals surface area contributed by atoms with E-state index in [0.717, 1.165) is 31.8 Å². The summed E-state index contributed by atoms with van der Waals surface area (Å²) in [4.78, 5) is 19.3. The number of rotatable bonds is 5. The van der Waals surface area contributed by atoms with Crippen molar-refractivity contribution in [1.82, 2.24) is 19.7 Å². The minimum absolute atomic E-state index is 0.141. The van der Waals surface area contributed by atoms with Gasteiger partial charge in [-0.05, 0) is 53.0 Å². The van der Waals surface area contributed by atoms with Gasteiger partial charge in [-0.2, -0.15) is 5.10 Å². The van der Waals surface area contributed by atoms with E-state index in [1.807, 2.05) is 32.4 Å². The highest BCUT2D eigenvalue weighted by Crippen LogP contribution is 2.32. The Morgan fingerprint density at radius 3 is 2.74 bits per heavy atom. The highest BCUT2D eigenvalue weighted by molar-refractivity contribution is 5.81. The van der Waals surface area contributed by atoms with E-state index in [9.17, 15) is 4.79 Å². The molecule has 6 nitrogen and oxygen atoms in total. The fourth-order valence-electron chi connectivity index (χ4n) is 2.97. The van der Waals surface area contributed by atoms with E-state index in [1.54, 1.807) is 6.33 Å². The van der Waals surface area contributed by atoms with Crippen LogP contribution in [0.2, 0.25) is 0 Å². The Kier molecular flexibility index (Phi) is 5.14. The Bertz CT molecular complexity index is 547. The summed E-state index contributed by atoms with van der Waals surface area (Å²) in [6.07, 6.45) is 3.41. The number of nitrogens with zero attached hydrogens (tertiary/aromatic N) is 4. The molecule has 6 heteroatoms. The molecule has 0 bridgehead atoms. The van der Waals surface area contributed by atoms with Crippen LogP contribution >= 0.6 is 0 Å². The maximum absolute atomic E-state index is 12.7. The number of carbonyl (C=O) groups is 1. The fourth-order valence-corrected chi connectivity index (χ4v) is 2.97. The summed E-state index contributed by atoms with van der Waals surface area (Å²) < 4.78 is 7.59. The van der Waals surface area contributed by atoms with Gasteiger partial charge >= 0.3 is 5.97 Å². The highest BCUT2D eigenvalue weighted by Gasteiger charge is 2.46. The summed E-state index contributed by atoms with van der Waals surface area (Å²) in [7, 11) is 0. The lowest BCUT2D eigenvalue weighted by atomic mass is 9.98. The molecule has 0 saturated carbocycles. The molecule has 23 heavy (non-hydrogen) atoms. The van der Waals surface area contributed by atoms with Crippen LogP contribution in [0.5, 0.6) is 0 Å². The first kappa shape index (κ1) is 17.9. The van der Waals surface area contributed by atoms with Crippen molar-refractivity contribution in [1.29, 1.82) is 0 Å². The van der Waals surface area contributed by atoms with E-state index >= 15 is 0 Å². The van der Waals surface area contributed by atoms with Crippen molar-refractivity contribution in [3.8, 4) is 0 Å². The normalized spacial score (nSPS) is 22.7. The molecule has 0 aliphatic carbocycles. The van der Waals surface area contributed by atoms with Crippen LogP contribution in [-0.4, -0.2) is 43.3 Å². The topological polar surface area (TPSA) is 60.2 Å². The third-order valence-electron chi connectivity index (χ3n) is 4.19. The Morgan fingerprint density at radius 1 is 1.43 bits per heavy atom. The number of carbonyl (C=O) groups excluding carboxylic acids is 1. The smallest absolute Gasteiger partial charge is 0.326 e. The zero-order chi connectivity index (χ0) is 17.3. The van der Waals surface area contributed by atoms with Crippen LogP contribution in [0.1, 0.15) is 60.2 Å². The molecule has 1 aromatic rings. The Balaban J connectivity index is 2.13. The maximum Gasteiger partial charge on any atom is 0.326 e. The number of likely N-dealkylation sites (tertiary alicyclic amines) is 1. The number of hydrogen-bond acceptors (Lipinski definition) is 5. The molecular formula is C17H30N4O2. The third-order valence-corrected chi connectivity index (χ3v) is 4.19. The molecule has 130 valence electrons. The van der Waals surface area contributed by atoms with Crippen LogP contribution in [0.25, 0.3) is 0 Å². The second kappa shape index (κ2) is 6.59. The van der Waals surface area contributed by atoms with E-state index < -0.39 is 11.1 Å². The first-order valence-corrected chi connectivity index (χ1v) is 8.47. The zero-order valence-electron chi connectivity index (χ0n) is 15.3. The second-order valence-electron chi connectivity index (χ2n) is 8.05.